The highest BCUT2D eigenvalue weighted by Crippen LogP contribution is 2.32. The molecule has 0 atom stereocenters. The fourth-order valence-electron chi connectivity index (χ4n) is 4.38. The molecule has 2 amide bonds. The molecule has 1 aliphatic heterocycles. The topological polar surface area (TPSA) is 75.2 Å². The summed E-state index contributed by atoms with van der Waals surface area (Å²) in [5.74, 6) is 0.591. The van der Waals surface area contributed by atoms with Crippen LogP contribution in [0.15, 0.2) is 83.3 Å². The van der Waals surface area contributed by atoms with Crippen molar-refractivity contribution < 1.29 is 9.59 Å². The Morgan fingerprint density at radius 3 is 2.54 bits per heavy atom. The van der Waals surface area contributed by atoms with Gasteiger partial charge in [0.05, 0.1) is 15.8 Å². The van der Waals surface area contributed by atoms with Crippen LogP contribution in [0.2, 0.25) is 0 Å². The maximum absolute atomic E-state index is 13.1. The minimum Gasteiger partial charge on any atom is -0.342 e. The highest BCUT2D eigenvalue weighted by atomic mass is 32.2. The normalized spacial score (nSPS) is 13.9. The molecule has 2 aromatic carbocycles. The molecule has 1 aliphatic rings. The second kappa shape index (κ2) is 11.7. The van der Waals surface area contributed by atoms with Gasteiger partial charge in [-0.05, 0) is 43.5 Å². The van der Waals surface area contributed by atoms with Gasteiger partial charge >= 0.3 is 0 Å². The smallest absolute Gasteiger partial charge is 0.275 e. The summed E-state index contributed by atoms with van der Waals surface area (Å²) in [6.45, 7) is 3.47. The summed E-state index contributed by atoms with van der Waals surface area (Å²) in [5.41, 5.74) is 4.42. The standard InChI is InChI=1S/C29H28N4O2S2/c1-20-9-11-21(12-10-20)23-6-2-3-7-24(23)31-28(35)25-18-37-29(32-25)22-13-16-33(17-14-22)27(34)19-36-26-8-4-5-15-30-26/h2-12,15,18,22H,13-14,16-17,19H2,1H3,(H,31,35). The molecule has 2 aromatic heterocycles. The van der Waals surface area contributed by atoms with Crippen molar-refractivity contribution in [2.24, 2.45) is 0 Å². The Morgan fingerprint density at radius 2 is 1.78 bits per heavy atom. The number of likely N-dealkylation sites (tertiary alicyclic amines) is 1. The van der Waals surface area contributed by atoms with Crippen LogP contribution in [-0.4, -0.2) is 45.5 Å². The van der Waals surface area contributed by atoms with E-state index in [1.54, 1.807) is 6.20 Å². The molecule has 0 aliphatic carbocycles. The van der Waals surface area contributed by atoms with Gasteiger partial charge in [0.1, 0.15) is 5.69 Å². The number of aromatic nitrogens is 2. The van der Waals surface area contributed by atoms with Crippen LogP contribution in [0.1, 0.15) is 39.8 Å². The summed E-state index contributed by atoms with van der Waals surface area (Å²) in [7, 11) is 0. The lowest BCUT2D eigenvalue weighted by Gasteiger charge is -2.31. The Kier molecular flexibility index (Phi) is 7.96. The molecule has 0 unspecified atom stereocenters. The van der Waals surface area contributed by atoms with E-state index in [0.717, 1.165) is 39.7 Å². The average molecular weight is 529 g/mol. The van der Waals surface area contributed by atoms with E-state index < -0.39 is 0 Å². The summed E-state index contributed by atoms with van der Waals surface area (Å²) < 4.78 is 0. The molecule has 1 saturated heterocycles. The third-order valence-corrected chi connectivity index (χ3v) is 8.41. The van der Waals surface area contributed by atoms with Crippen molar-refractivity contribution in [3.8, 4) is 11.1 Å². The molecule has 4 aromatic rings. The number of hydrogen-bond acceptors (Lipinski definition) is 6. The average Bonchev–Trinajstić information content (AvgIpc) is 3.44. The van der Waals surface area contributed by atoms with E-state index in [1.165, 1.54) is 28.7 Å². The third kappa shape index (κ3) is 6.26. The molecule has 6 nitrogen and oxygen atoms in total. The lowest BCUT2D eigenvalue weighted by Crippen LogP contribution is -2.38. The van der Waals surface area contributed by atoms with Gasteiger partial charge in [0.2, 0.25) is 5.91 Å². The molecule has 5 rings (SSSR count). The lowest BCUT2D eigenvalue weighted by atomic mass is 9.97. The van der Waals surface area contributed by atoms with Crippen molar-refractivity contribution in [3.63, 3.8) is 0 Å². The van der Waals surface area contributed by atoms with Gasteiger partial charge < -0.3 is 10.2 Å². The van der Waals surface area contributed by atoms with Crippen molar-refractivity contribution in [3.05, 3.63) is 94.6 Å². The van der Waals surface area contributed by atoms with Crippen LogP contribution in [0.5, 0.6) is 0 Å². The first-order chi connectivity index (χ1) is 18.1. The maximum atomic E-state index is 13.1. The van der Waals surface area contributed by atoms with E-state index in [1.807, 2.05) is 52.7 Å². The van der Waals surface area contributed by atoms with Gasteiger partial charge in [-0.1, -0.05) is 65.9 Å². The minimum atomic E-state index is -0.207. The number of thioether (sulfide) groups is 1. The second-order valence-corrected chi connectivity index (χ2v) is 10.9. The monoisotopic (exact) mass is 528 g/mol. The number of piperidine rings is 1. The van der Waals surface area contributed by atoms with Gasteiger partial charge in [0, 0.05) is 41.8 Å². The van der Waals surface area contributed by atoms with E-state index in [2.05, 4.69) is 46.5 Å². The van der Waals surface area contributed by atoms with Crippen LogP contribution in [0.3, 0.4) is 0 Å². The van der Waals surface area contributed by atoms with Gasteiger partial charge in [-0.15, -0.1) is 11.3 Å². The van der Waals surface area contributed by atoms with Crippen LogP contribution < -0.4 is 5.32 Å². The molecule has 188 valence electrons. The molecular weight excluding hydrogens is 500 g/mol. The highest BCUT2D eigenvalue weighted by molar-refractivity contribution is 7.99. The van der Waals surface area contributed by atoms with Gasteiger partial charge in [-0.3, -0.25) is 9.59 Å². The summed E-state index contributed by atoms with van der Waals surface area (Å²) in [6, 6.07) is 21.8. The molecule has 0 saturated carbocycles. The lowest BCUT2D eigenvalue weighted by molar-refractivity contribution is -0.129. The quantitative estimate of drug-likeness (QED) is 0.286. The number of para-hydroxylation sites is 1. The van der Waals surface area contributed by atoms with Gasteiger partial charge in [0.25, 0.3) is 5.91 Å². The molecule has 0 bridgehead atoms. The van der Waals surface area contributed by atoms with Gasteiger partial charge in [0.15, 0.2) is 0 Å². The second-order valence-electron chi connectivity index (χ2n) is 9.05. The number of hydrogen-bond donors (Lipinski definition) is 1. The first kappa shape index (κ1) is 25.2. The number of nitrogens with one attached hydrogen (secondary N) is 1. The van der Waals surface area contributed by atoms with Crippen LogP contribution in [0.25, 0.3) is 11.1 Å². The Labute approximate surface area is 225 Å². The third-order valence-electron chi connectivity index (χ3n) is 6.47. The highest BCUT2D eigenvalue weighted by Gasteiger charge is 2.26. The van der Waals surface area contributed by atoms with Gasteiger partial charge in [-0.2, -0.15) is 0 Å². The van der Waals surface area contributed by atoms with E-state index in [-0.39, 0.29) is 17.7 Å². The van der Waals surface area contributed by atoms with Crippen LogP contribution in [-0.2, 0) is 4.79 Å². The fourth-order valence-corrected chi connectivity index (χ4v) is 6.11. The van der Waals surface area contributed by atoms with Crippen LogP contribution in [0.4, 0.5) is 5.69 Å². The predicted molar refractivity (Wildman–Crippen MR) is 150 cm³/mol. The minimum absolute atomic E-state index is 0.139. The SMILES string of the molecule is Cc1ccc(-c2ccccc2NC(=O)c2csc(C3CCN(C(=O)CSc4ccccn4)CC3)n2)cc1. The van der Waals surface area contributed by atoms with Crippen LogP contribution in [0, 0.1) is 6.92 Å². The number of nitrogens with zero attached hydrogens (tertiary/aromatic N) is 3. The molecular formula is C29H28N4O2S2. The Morgan fingerprint density at radius 1 is 1.03 bits per heavy atom. The van der Waals surface area contributed by atoms with E-state index in [9.17, 15) is 9.59 Å². The number of carbonyl (C=O) groups excluding carboxylic acids is 2. The molecule has 37 heavy (non-hydrogen) atoms. The molecule has 1 N–H and O–H groups in total. The van der Waals surface area contributed by atoms with Crippen molar-refractivity contribution >= 4 is 40.6 Å². The van der Waals surface area contributed by atoms with E-state index in [4.69, 9.17) is 0 Å². The number of pyridine rings is 1. The zero-order chi connectivity index (χ0) is 25.6. The molecule has 8 heteroatoms. The number of aryl methyl sites for hydroxylation is 1. The van der Waals surface area contributed by atoms with Crippen molar-refractivity contribution in [1.82, 2.24) is 14.9 Å². The molecule has 3 heterocycles. The fraction of sp³-hybridized carbons (Fsp3) is 0.241. The summed E-state index contributed by atoms with van der Waals surface area (Å²) >= 11 is 3.00. The maximum Gasteiger partial charge on any atom is 0.275 e. The zero-order valence-electron chi connectivity index (χ0n) is 20.6. The van der Waals surface area contributed by atoms with Gasteiger partial charge in [-0.25, -0.2) is 9.97 Å². The number of thiazole rings is 1. The largest absolute Gasteiger partial charge is 0.342 e. The number of anilines is 1. The van der Waals surface area contributed by atoms with E-state index >= 15 is 0 Å². The summed E-state index contributed by atoms with van der Waals surface area (Å²) in [5, 5.41) is 6.71. The van der Waals surface area contributed by atoms with Crippen molar-refractivity contribution in [2.75, 3.05) is 24.2 Å². The summed E-state index contributed by atoms with van der Waals surface area (Å²) in [4.78, 5) is 36.6. The number of benzene rings is 2. The molecule has 0 spiro atoms. The Hall–Kier alpha value is -3.49. The first-order valence-electron chi connectivity index (χ1n) is 12.3. The summed E-state index contributed by atoms with van der Waals surface area (Å²) in [6.07, 6.45) is 3.44. The molecule has 1 fully saturated rings. The Balaban J connectivity index is 1.17. The Bertz CT molecular complexity index is 1360. The number of carbonyl (C=O) groups is 2. The number of rotatable bonds is 7. The molecule has 0 radical (unpaired) electrons. The zero-order valence-corrected chi connectivity index (χ0v) is 22.2. The first-order valence-corrected chi connectivity index (χ1v) is 14.2. The van der Waals surface area contributed by atoms with Crippen molar-refractivity contribution in [2.45, 2.75) is 30.7 Å². The number of amides is 2. The van der Waals surface area contributed by atoms with E-state index in [0.29, 0.717) is 24.5 Å². The van der Waals surface area contributed by atoms with Crippen molar-refractivity contribution in [1.29, 1.82) is 0 Å². The van der Waals surface area contributed by atoms with Crippen LogP contribution >= 0.6 is 23.1 Å². The predicted octanol–water partition coefficient (Wildman–Crippen LogP) is 6.26.